The second-order valence-corrected chi connectivity index (χ2v) is 6.34. The van der Waals surface area contributed by atoms with Gasteiger partial charge in [-0.05, 0) is 51.0 Å². The summed E-state index contributed by atoms with van der Waals surface area (Å²) in [6.45, 7) is 0.209. The van der Waals surface area contributed by atoms with Crippen LogP contribution in [0.4, 0.5) is 0 Å². The molecule has 5 nitrogen and oxygen atoms in total. The Kier molecular flexibility index (Phi) is 4.11. The first kappa shape index (κ1) is 15.7. The molecule has 4 rings (SSSR count). The van der Waals surface area contributed by atoms with E-state index in [-0.39, 0.29) is 12.7 Å². The van der Waals surface area contributed by atoms with Gasteiger partial charge in [-0.15, -0.1) is 0 Å². The first-order valence-electron chi connectivity index (χ1n) is 7.62. The van der Waals surface area contributed by atoms with Crippen LogP contribution in [0.3, 0.4) is 0 Å². The molecule has 0 atom stereocenters. The van der Waals surface area contributed by atoms with Crippen molar-refractivity contribution < 1.29 is 14.3 Å². The standard InChI is InChI=1S/C19H13BrN2O3/c20-16-9-18-17(24-11-25-18)8-15(16)10-21-22-19(23)14-6-5-12-3-1-2-4-13(12)7-14/h1-10H,11H2,(H,22,23)/b21-10-. The molecule has 1 aliphatic heterocycles. The van der Waals surface area contributed by atoms with Crippen molar-refractivity contribution in [3.05, 3.63) is 70.2 Å². The normalized spacial score (nSPS) is 12.7. The molecule has 0 spiro atoms. The Hall–Kier alpha value is -2.86. The number of nitrogens with one attached hydrogen (secondary N) is 1. The van der Waals surface area contributed by atoms with Crippen molar-refractivity contribution in [1.29, 1.82) is 0 Å². The van der Waals surface area contributed by atoms with Gasteiger partial charge in [-0.25, -0.2) is 5.43 Å². The van der Waals surface area contributed by atoms with E-state index in [9.17, 15) is 4.79 Å². The maximum absolute atomic E-state index is 12.3. The van der Waals surface area contributed by atoms with Crippen LogP contribution in [0.25, 0.3) is 10.8 Å². The van der Waals surface area contributed by atoms with Gasteiger partial charge in [-0.3, -0.25) is 4.79 Å². The van der Waals surface area contributed by atoms with Gasteiger partial charge in [0.25, 0.3) is 5.91 Å². The van der Waals surface area contributed by atoms with Gasteiger partial charge in [0, 0.05) is 15.6 Å². The minimum Gasteiger partial charge on any atom is -0.454 e. The lowest BCUT2D eigenvalue weighted by molar-refractivity contribution is 0.0955. The molecule has 1 N–H and O–H groups in total. The zero-order valence-electron chi connectivity index (χ0n) is 13.0. The third-order valence-corrected chi connectivity index (χ3v) is 4.56. The Balaban J connectivity index is 1.50. The number of halogens is 1. The van der Waals surface area contributed by atoms with Crippen molar-refractivity contribution in [2.45, 2.75) is 0 Å². The minimum absolute atomic E-state index is 0.209. The molecule has 0 unspecified atom stereocenters. The topological polar surface area (TPSA) is 59.9 Å². The summed E-state index contributed by atoms with van der Waals surface area (Å²) < 4.78 is 11.4. The number of hydrogen-bond donors (Lipinski definition) is 1. The molecule has 1 heterocycles. The average Bonchev–Trinajstić information content (AvgIpc) is 3.08. The molecule has 25 heavy (non-hydrogen) atoms. The molecule has 0 bridgehead atoms. The fraction of sp³-hybridized carbons (Fsp3) is 0.0526. The largest absolute Gasteiger partial charge is 0.454 e. The summed E-state index contributed by atoms with van der Waals surface area (Å²) in [7, 11) is 0. The third kappa shape index (κ3) is 3.21. The van der Waals surface area contributed by atoms with Crippen molar-refractivity contribution >= 4 is 38.8 Å². The minimum atomic E-state index is -0.265. The Morgan fingerprint density at radius 3 is 2.64 bits per heavy atom. The number of rotatable bonds is 3. The molecule has 124 valence electrons. The average molecular weight is 397 g/mol. The predicted octanol–water partition coefficient (Wildman–Crippen LogP) is 4.09. The Morgan fingerprint density at radius 2 is 1.80 bits per heavy atom. The molecule has 0 saturated heterocycles. The molecule has 1 aliphatic rings. The fourth-order valence-electron chi connectivity index (χ4n) is 2.59. The van der Waals surface area contributed by atoms with Crippen LogP contribution >= 0.6 is 15.9 Å². The third-order valence-electron chi connectivity index (χ3n) is 3.87. The quantitative estimate of drug-likeness (QED) is 0.535. The van der Waals surface area contributed by atoms with Gasteiger partial charge in [0.2, 0.25) is 6.79 Å². The van der Waals surface area contributed by atoms with Crippen LogP contribution in [-0.4, -0.2) is 18.9 Å². The van der Waals surface area contributed by atoms with Crippen LogP contribution in [0.2, 0.25) is 0 Å². The summed E-state index contributed by atoms with van der Waals surface area (Å²) >= 11 is 3.45. The molecule has 1 amide bonds. The summed E-state index contributed by atoms with van der Waals surface area (Å²) in [5.74, 6) is 1.08. The SMILES string of the molecule is O=C(N/N=C\c1cc2c(cc1Br)OCO2)c1ccc2ccccc2c1. The molecule has 0 saturated carbocycles. The van der Waals surface area contributed by atoms with E-state index in [1.165, 1.54) is 0 Å². The highest BCUT2D eigenvalue weighted by Gasteiger charge is 2.15. The number of hydrogen-bond acceptors (Lipinski definition) is 4. The van der Waals surface area contributed by atoms with E-state index in [1.54, 1.807) is 18.3 Å². The summed E-state index contributed by atoms with van der Waals surface area (Å²) in [5, 5.41) is 6.13. The molecule has 0 aromatic heterocycles. The molecular formula is C19H13BrN2O3. The molecule has 0 fully saturated rings. The maximum Gasteiger partial charge on any atom is 0.271 e. The van der Waals surface area contributed by atoms with Crippen LogP contribution in [0, 0.1) is 0 Å². The number of carbonyl (C=O) groups excluding carboxylic acids is 1. The molecule has 3 aromatic rings. The highest BCUT2D eigenvalue weighted by atomic mass is 79.9. The second-order valence-electron chi connectivity index (χ2n) is 5.49. The van der Waals surface area contributed by atoms with E-state index >= 15 is 0 Å². The monoisotopic (exact) mass is 396 g/mol. The summed E-state index contributed by atoms with van der Waals surface area (Å²) in [6.07, 6.45) is 1.56. The number of fused-ring (bicyclic) bond motifs is 2. The Bertz CT molecular complexity index is 1000. The van der Waals surface area contributed by atoms with Crippen molar-refractivity contribution in [2.24, 2.45) is 5.10 Å². The zero-order valence-corrected chi connectivity index (χ0v) is 14.6. The number of hydrazone groups is 1. The molecular weight excluding hydrogens is 384 g/mol. The van der Waals surface area contributed by atoms with Crippen LogP contribution in [0.5, 0.6) is 11.5 Å². The Morgan fingerprint density at radius 1 is 1.04 bits per heavy atom. The van der Waals surface area contributed by atoms with Gasteiger partial charge in [-0.1, -0.05) is 30.3 Å². The summed E-state index contributed by atoms with van der Waals surface area (Å²) in [5.41, 5.74) is 3.88. The van der Waals surface area contributed by atoms with Gasteiger partial charge in [0.15, 0.2) is 11.5 Å². The van der Waals surface area contributed by atoms with Gasteiger partial charge >= 0.3 is 0 Å². The molecule has 0 radical (unpaired) electrons. The molecule has 0 aliphatic carbocycles. The number of amides is 1. The fourth-order valence-corrected chi connectivity index (χ4v) is 3.01. The maximum atomic E-state index is 12.3. The van der Waals surface area contributed by atoms with Crippen LogP contribution in [-0.2, 0) is 0 Å². The van der Waals surface area contributed by atoms with E-state index in [1.807, 2.05) is 42.5 Å². The summed E-state index contributed by atoms with van der Waals surface area (Å²) in [4.78, 5) is 12.3. The number of nitrogens with zero attached hydrogens (tertiary/aromatic N) is 1. The van der Waals surface area contributed by atoms with Crippen LogP contribution < -0.4 is 14.9 Å². The summed E-state index contributed by atoms with van der Waals surface area (Å²) in [6, 6.07) is 17.1. The first-order valence-corrected chi connectivity index (χ1v) is 8.41. The number of benzene rings is 3. The van der Waals surface area contributed by atoms with E-state index in [4.69, 9.17) is 9.47 Å². The van der Waals surface area contributed by atoms with Gasteiger partial charge < -0.3 is 9.47 Å². The lowest BCUT2D eigenvalue weighted by Gasteiger charge is -2.03. The highest BCUT2D eigenvalue weighted by Crippen LogP contribution is 2.36. The van der Waals surface area contributed by atoms with Gasteiger partial charge in [0.1, 0.15) is 0 Å². The van der Waals surface area contributed by atoms with E-state index in [2.05, 4.69) is 26.5 Å². The van der Waals surface area contributed by atoms with Crippen molar-refractivity contribution in [3.8, 4) is 11.5 Å². The molecule has 6 heteroatoms. The highest BCUT2D eigenvalue weighted by molar-refractivity contribution is 9.10. The van der Waals surface area contributed by atoms with Crippen LogP contribution in [0.15, 0.2) is 64.2 Å². The van der Waals surface area contributed by atoms with Crippen molar-refractivity contribution in [2.75, 3.05) is 6.79 Å². The zero-order chi connectivity index (χ0) is 17.2. The van der Waals surface area contributed by atoms with E-state index in [0.29, 0.717) is 17.1 Å². The first-order chi connectivity index (χ1) is 12.2. The number of carbonyl (C=O) groups is 1. The second kappa shape index (κ2) is 6.57. The van der Waals surface area contributed by atoms with Gasteiger partial charge in [0.05, 0.1) is 6.21 Å². The lowest BCUT2D eigenvalue weighted by Crippen LogP contribution is -2.17. The van der Waals surface area contributed by atoms with E-state index in [0.717, 1.165) is 20.8 Å². The van der Waals surface area contributed by atoms with E-state index < -0.39 is 0 Å². The van der Waals surface area contributed by atoms with Crippen molar-refractivity contribution in [1.82, 2.24) is 5.43 Å². The van der Waals surface area contributed by atoms with Gasteiger partial charge in [-0.2, -0.15) is 5.10 Å². The number of ether oxygens (including phenoxy) is 2. The van der Waals surface area contributed by atoms with Crippen LogP contribution in [0.1, 0.15) is 15.9 Å². The van der Waals surface area contributed by atoms with Crippen molar-refractivity contribution in [3.63, 3.8) is 0 Å². The Labute approximate surface area is 152 Å². The molecule has 3 aromatic carbocycles. The lowest BCUT2D eigenvalue weighted by atomic mass is 10.1. The predicted molar refractivity (Wildman–Crippen MR) is 99.3 cm³/mol. The smallest absolute Gasteiger partial charge is 0.271 e.